The van der Waals surface area contributed by atoms with Gasteiger partial charge in [0.25, 0.3) is 0 Å². The Balaban J connectivity index is 1.36. The van der Waals surface area contributed by atoms with Crippen LogP contribution in [0.2, 0.25) is 0 Å². The summed E-state index contributed by atoms with van der Waals surface area (Å²) in [5.41, 5.74) is 1.96. The first kappa shape index (κ1) is 25.1. The molecule has 1 amide bonds. The average molecular weight is 510 g/mol. The Morgan fingerprint density at radius 2 is 1.58 bits per heavy atom. The molecule has 3 aromatic carbocycles. The van der Waals surface area contributed by atoms with E-state index < -0.39 is 17.6 Å². The predicted octanol–water partition coefficient (Wildman–Crippen LogP) is 6.58. The fourth-order valence-corrected chi connectivity index (χ4v) is 4.61. The zero-order chi connectivity index (χ0) is 26.5. The molecular formula is C32H25F2NO3. The minimum Gasteiger partial charge on any atom is -0.489 e. The molecule has 1 saturated heterocycles. The van der Waals surface area contributed by atoms with Crippen LogP contribution in [0.3, 0.4) is 0 Å². The van der Waals surface area contributed by atoms with E-state index in [1.165, 1.54) is 42.5 Å². The van der Waals surface area contributed by atoms with Gasteiger partial charge in [0.15, 0.2) is 5.78 Å². The smallest absolute Gasteiger partial charge is 0.236 e. The molecule has 0 aromatic heterocycles. The molecule has 1 unspecified atom stereocenters. The number of allylic oxidation sites excluding steroid dienone is 4. The van der Waals surface area contributed by atoms with Gasteiger partial charge in [-0.1, -0.05) is 54.6 Å². The highest BCUT2D eigenvalue weighted by atomic mass is 19.1. The van der Waals surface area contributed by atoms with Gasteiger partial charge in [-0.3, -0.25) is 9.59 Å². The summed E-state index contributed by atoms with van der Waals surface area (Å²) in [7, 11) is 0. The Bertz CT molecular complexity index is 1420. The van der Waals surface area contributed by atoms with E-state index in [1.807, 2.05) is 60.7 Å². The monoisotopic (exact) mass is 509 g/mol. The molecule has 1 heterocycles. The summed E-state index contributed by atoms with van der Waals surface area (Å²) in [5, 5.41) is 0. The van der Waals surface area contributed by atoms with Gasteiger partial charge in [0.1, 0.15) is 24.0 Å². The molecule has 3 aromatic rings. The van der Waals surface area contributed by atoms with Gasteiger partial charge in [-0.25, -0.2) is 8.78 Å². The largest absolute Gasteiger partial charge is 0.489 e. The van der Waals surface area contributed by atoms with Gasteiger partial charge in [0.2, 0.25) is 5.91 Å². The molecule has 3 atom stereocenters. The fourth-order valence-electron chi connectivity index (χ4n) is 4.61. The van der Waals surface area contributed by atoms with Crippen molar-refractivity contribution in [3.05, 3.63) is 150 Å². The lowest BCUT2D eigenvalue weighted by atomic mass is 9.77. The topological polar surface area (TPSA) is 46.6 Å². The van der Waals surface area contributed by atoms with Crippen molar-refractivity contribution in [3.8, 4) is 0 Å². The van der Waals surface area contributed by atoms with Crippen LogP contribution < -0.4 is 4.90 Å². The summed E-state index contributed by atoms with van der Waals surface area (Å²) >= 11 is 0. The van der Waals surface area contributed by atoms with Crippen LogP contribution in [0.1, 0.15) is 15.9 Å². The molecule has 38 heavy (non-hydrogen) atoms. The van der Waals surface area contributed by atoms with Crippen LogP contribution in [0.4, 0.5) is 14.5 Å². The first-order valence-electron chi connectivity index (χ1n) is 12.3. The second-order valence-corrected chi connectivity index (χ2v) is 9.10. The van der Waals surface area contributed by atoms with E-state index in [2.05, 4.69) is 0 Å². The van der Waals surface area contributed by atoms with Gasteiger partial charge in [0.05, 0.1) is 12.0 Å². The third-order valence-corrected chi connectivity index (χ3v) is 6.60. The van der Waals surface area contributed by atoms with E-state index in [0.717, 1.165) is 5.56 Å². The maximum Gasteiger partial charge on any atom is 0.236 e. The summed E-state index contributed by atoms with van der Waals surface area (Å²) in [5.74, 6) is -1.41. The lowest BCUT2D eigenvalue weighted by Gasteiger charge is -2.48. The molecule has 0 spiro atoms. The molecule has 190 valence electrons. The van der Waals surface area contributed by atoms with E-state index in [9.17, 15) is 18.4 Å². The summed E-state index contributed by atoms with van der Waals surface area (Å²) in [6.45, 7) is 0.427. The Hall–Kier alpha value is -4.58. The highest BCUT2D eigenvalue weighted by Crippen LogP contribution is 2.39. The van der Waals surface area contributed by atoms with Crippen molar-refractivity contribution in [1.29, 1.82) is 0 Å². The number of anilines is 1. The van der Waals surface area contributed by atoms with E-state index in [-0.39, 0.29) is 23.7 Å². The minimum atomic E-state index is -0.574. The molecule has 0 bridgehead atoms. The van der Waals surface area contributed by atoms with Gasteiger partial charge in [-0.15, -0.1) is 0 Å². The van der Waals surface area contributed by atoms with Crippen molar-refractivity contribution in [3.63, 3.8) is 0 Å². The number of hydrogen-bond acceptors (Lipinski definition) is 3. The van der Waals surface area contributed by atoms with Crippen molar-refractivity contribution < 1.29 is 23.1 Å². The number of nitrogens with zero attached hydrogens (tertiary/aromatic N) is 1. The molecule has 6 heteroatoms. The van der Waals surface area contributed by atoms with Crippen LogP contribution in [-0.4, -0.2) is 17.7 Å². The summed E-state index contributed by atoms with van der Waals surface area (Å²) in [6.07, 6.45) is 12.5. The van der Waals surface area contributed by atoms with Crippen molar-refractivity contribution in [1.82, 2.24) is 0 Å². The summed E-state index contributed by atoms with van der Waals surface area (Å²) in [4.78, 5) is 27.5. The first-order chi connectivity index (χ1) is 18.5. The van der Waals surface area contributed by atoms with Crippen molar-refractivity contribution >= 4 is 17.4 Å². The van der Waals surface area contributed by atoms with Crippen molar-refractivity contribution in [2.75, 3.05) is 4.90 Å². The van der Waals surface area contributed by atoms with Gasteiger partial charge < -0.3 is 9.64 Å². The first-order valence-corrected chi connectivity index (χ1v) is 12.3. The number of ether oxygens (including phenoxy) is 1. The highest BCUT2D eigenvalue weighted by Gasteiger charge is 2.49. The zero-order valence-corrected chi connectivity index (χ0v) is 20.4. The minimum absolute atomic E-state index is 0.190. The average Bonchev–Trinajstić information content (AvgIpc) is 3.17. The quantitative estimate of drug-likeness (QED) is 0.196. The number of carbonyl (C=O) groups excluding carboxylic acids is 2. The molecule has 1 aliphatic carbocycles. The maximum atomic E-state index is 13.6. The summed E-state index contributed by atoms with van der Waals surface area (Å²) < 4.78 is 32.8. The lowest BCUT2D eigenvalue weighted by molar-refractivity contribution is -0.128. The number of halogens is 2. The number of amides is 1. The number of hydrogen-bond donors (Lipinski definition) is 0. The molecule has 1 aliphatic heterocycles. The number of benzene rings is 3. The van der Waals surface area contributed by atoms with Crippen LogP contribution in [0.25, 0.3) is 0 Å². The summed E-state index contributed by atoms with van der Waals surface area (Å²) in [6, 6.07) is 20.5. The van der Waals surface area contributed by atoms with Gasteiger partial charge >= 0.3 is 0 Å². The predicted molar refractivity (Wildman–Crippen MR) is 142 cm³/mol. The molecule has 4 nitrogen and oxygen atoms in total. The second-order valence-electron chi connectivity index (χ2n) is 9.10. The maximum absolute atomic E-state index is 13.6. The molecule has 5 rings (SSSR count). The highest BCUT2D eigenvalue weighted by molar-refractivity contribution is 6.07. The van der Waals surface area contributed by atoms with E-state index >= 15 is 0 Å². The Kier molecular flexibility index (Phi) is 7.40. The number of carbonyl (C=O) groups is 2. The van der Waals surface area contributed by atoms with Crippen LogP contribution in [0, 0.1) is 23.5 Å². The van der Waals surface area contributed by atoms with Gasteiger partial charge in [-0.2, -0.15) is 0 Å². The van der Waals surface area contributed by atoms with Crippen LogP contribution in [0.5, 0.6) is 0 Å². The van der Waals surface area contributed by atoms with Crippen LogP contribution in [-0.2, 0) is 16.1 Å². The molecule has 0 saturated carbocycles. The standard InChI is InChI=1S/C32H25F2NO3/c33-25-12-9-23(10-13-25)30(36)20-19-29-31(35(32(29)37)27-16-14-26(34)15-17-27)24-7-4-8-28(18-11-24)38-21-22-5-2-1-3-6-22/h1-20,24,29,31H,21H2/b20-19+/t24?,29-,31-/m1/s1. The van der Waals surface area contributed by atoms with Gasteiger partial charge in [0, 0.05) is 17.2 Å². The van der Waals surface area contributed by atoms with Crippen LogP contribution >= 0.6 is 0 Å². The van der Waals surface area contributed by atoms with Crippen molar-refractivity contribution in [2.24, 2.45) is 11.8 Å². The Morgan fingerprint density at radius 3 is 2.29 bits per heavy atom. The molecule has 0 N–H and O–H groups in total. The number of β-lactam (4-membered cyclic amide) rings is 1. The molecule has 1 fully saturated rings. The number of ketones is 1. The van der Waals surface area contributed by atoms with E-state index in [1.54, 1.807) is 23.1 Å². The Labute approximate surface area is 219 Å². The third kappa shape index (κ3) is 5.54. The van der Waals surface area contributed by atoms with Gasteiger partial charge in [-0.05, 0) is 72.3 Å². The van der Waals surface area contributed by atoms with E-state index in [0.29, 0.717) is 23.6 Å². The number of rotatable bonds is 8. The fraction of sp³-hybridized carbons (Fsp3) is 0.125. The zero-order valence-electron chi connectivity index (χ0n) is 20.4. The lowest BCUT2D eigenvalue weighted by Crippen LogP contribution is -2.63. The normalized spacial score (nSPS) is 20.7. The second kappa shape index (κ2) is 11.2. The van der Waals surface area contributed by atoms with Crippen molar-refractivity contribution in [2.45, 2.75) is 12.6 Å². The molecule has 2 aliphatic rings. The molecular weight excluding hydrogens is 484 g/mol. The SMILES string of the molecule is O=C(/C=C/[C@H]1C(=O)N(c2ccc(F)cc2)[C@@H]1C1C=CC=C(OCc2ccccc2)C=C1)c1ccc(F)cc1. The van der Waals surface area contributed by atoms with E-state index in [4.69, 9.17) is 4.74 Å². The molecule has 0 radical (unpaired) electrons. The van der Waals surface area contributed by atoms with Crippen LogP contribution in [0.15, 0.2) is 127 Å². The third-order valence-electron chi connectivity index (χ3n) is 6.60. The Morgan fingerprint density at radius 1 is 0.895 bits per heavy atom.